The van der Waals surface area contributed by atoms with Gasteiger partial charge in [0.2, 0.25) is 5.88 Å². The number of aromatic nitrogens is 1. The molecule has 1 heterocycles. The maximum atomic E-state index is 12.3. The van der Waals surface area contributed by atoms with Gasteiger partial charge in [-0.25, -0.2) is 0 Å². The van der Waals surface area contributed by atoms with Gasteiger partial charge in [-0.15, -0.1) is 0 Å². The number of anilines is 1. The Morgan fingerprint density at radius 3 is 2.64 bits per heavy atom. The van der Waals surface area contributed by atoms with E-state index in [1.54, 1.807) is 26.8 Å². The van der Waals surface area contributed by atoms with Crippen molar-refractivity contribution in [3.8, 4) is 0 Å². The molecule has 0 spiro atoms. The van der Waals surface area contributed by atoms with Crippen LogP contribution in [-0.4, -0.2) is 22.5 Å². The summed E-state index contributed by atoms with van der Waals surface area (Å²) in [5.74, 6) is -1.11. The zero-order valence-electron chi connectivity index (χ0n) is 13.6. The third-order valence-electron chi connectivity index (χ3n) is 3.31. The van der Waals surface area contributed by atoms with Crippen LogP contribution in [0, 0.1) is 18.8 Å². The number of carbonyl (C=O) groups excluding carboxylic acids is 2. The van der Waals surface area contributed by atoms with Gasteiger partial charge in [-0.2, -0.15) is 0 Å². The third kappa shape index (κ3) is 3.96. The lowest BCUT2D eigenvalue weighted by Gasteiger charge is -2.29. The monoisotopic (exact) mass is 306 g/mol. The second-order valence-corrected chi connectivity index (χ2v) is 6.72. The molecule has 2 rings (SSSR count). The maximum Gasteiger partial charge on any atom is 0.317 e. The van der Waals surface area contributed by atoms with E-state index < -0.39 is 17.5 Å². The highest BCUT2D eigenvalue weighted by Crippen LogP contribution is 2.30. The highest BCUT2D eigenvalue weighted by Gasteiger charge is 2.38. The lowest BCUT2D eigenvalue weighted by atomic mass is 9.82. The van der Waals surface area contributed by atoms with Crippen molar-refractivity contribution in [3.05, 3.63) is 23.5 Å². The van der Waals surface area contributed by atoms with E-state index in [-0.39, 0.29) is 11.7 Å². The van der Waals surface area contributed by atoms with Gasteiger partial charge in [-0.1, -0.05) is 12.1 Å². The van der Waals surface area contributed by atoms with Crippen LogP contribution in [0.25, 0.3) is 0 Å². The fourth-order valence-electron chi connectivity index (χ4n) is 2.45. The summed E-state index contributed by atoms with van der Waals surface area (Å²) in [6.45, 7) is 9.05. The Kier molecular flexibility index (Phi) is 4.39. The number of nitrogens with zero attached hydrogens (tertiary/aromatic N) is 1. The van der Waals surface area contributed by atoms with Crippen LogP contribution in [0.15, 0.2) is 22.4 Å². The molecule has 0 radical (unpaired) electrons. The first-order chi connectivity index (χ1) is 10.2. The van der Waals surface area contributed by atoms with Crippen LogP contribution in [0.5, 0.6) is 0 Å². The zero-order valence-corrected chi connectivity index (χ0v) is 13.6. The van der Waals surface area contributed by atoms with E-state index in [1.807, 2.05) is 13.8 Å². The summed E-state index contributed by atoms with van der Waals surface area (Å²) in [6, 6.07) is 1.75. The van der Waals surface area contributed by atoms with E-state index >= 15 is 0 Å². The molecule has 0 bridgehead atoms. The van der Waals surface area contributed by atoms with E-state index in [1.165, 1.54) is 6.08 Å². The number of carbonyl (C=O) groups is 2. The lowest BCUT2D eigenvalue weighted by molar-refractivity contribution is -0.163. The Bertz CT molecular complexity index is 610. The van der Waals surface area contributed by atoms with Gasteiger partial charge >= 0.3 is 5.97 Å². The minimum absolute atomic E-state index is 0.140. The highest BCUT2D eigenvalue weighted by molar-refractivity contribution is 6.06. The molecule has 0 aromatic carbocycles. The van der Waals surface area contributed by atoms with Crippen LogP contribution in [0.1, 0.15) is 39.8 Å². The van der Waals surface area contributed by atoms with Crippen molar-refractivity contribution in [2.75, 3.05) is 5.32 Å². The summed E-state index contributed by atoms with van der Waals surface area (Å²) in [4.78, 5) is 24.5. The molecule has 2 atom stereocenters. The average Bonchev–Trinajstić information content (AvgIpc) is 2.71. The van der Waals surface area contributed by atoms with E-state index in [9.17, 15) is 9.59 Å². The summed E-state index contributed by atoms with van der Waals surface area (Å²) in [7, 11) is 0. The fourth-order valence-corrected chi connectivity index (χ4v) is 2.45. The molecule has 1 aromatic heterocycles. The molecule has 6 heteroatoms. The molecule has 0 amide bonds. The normalized spacial score (nSPS) is 22.2. The van der Waals surface area contributed by atoms with Gasteiger partial charge in [0.25, 0.3) is 0 Å². The van der Waals surface area contributed by atoms with Gasteiger partial charge in [0.1, 0.15) is 11.5 Å². The number of esters is 1. The van der Waals surface area contributed by atoms with Crippen molar-refractivity contribution < 1.29 is 18.8 Å². The van der Waals surface area contributed by atoms with Crippen molar-refractivity contribution in [1.29, 1.82) is 0 Å². The standard InChI is InChI=1S/C16H22N2O4/c1-9-6-11(17-13-7-10(2)18-22-13)8-12(19)14(9)15(20)21-16(3,4)5/h7-9,14,17H,6H2,1-5H3. The Morgan fingerprint density at radius 2 is 2.14 bits per heavy atom. The highest BCUT2D eigenvalue weighted by atomic mass is 16.6. The number of hydrogen-bond donors (Lipinski definition) is 1. The molecule has 1 aliphatic rings. The number of ketones is 1. The summed E-state index contributed by atoms with van der Waals surface area (Å²) in [6.07, 6.45) is 2.02. The molecule has 0 fully saturated rings. The van der Waals surface area contributed by atoms with Crippen LogP contribution in [-0.2, 0) is 14.3 Å². The summed E-state index contributed by atoms with van der Waals surface area (Å²) < 4.78 is 10.4. The largest absolute Gasteiger partial charge is 0.459 e. The molecule has 22 heavy (non-hydrogen) atoms. The van der Waals surface area contributed by atoms with Gasteiger partial charge in [0.15, 0.2) is 5.78 Å². The average molecular weight is 306 g/mol. The zero-order chi connectivity index (χ0) is 16.5. The predicted molar refractivity (Wildman–Crippen MR) is 81.1 cm³/mol. The van der Waals surface area contributed by atoms with Crippen molar-refractivity contribution in [2.45, 2.75) is 46.6 Å². The number of aryl methyl sites for hydroxylation is 1. The molecular formula is C16H22N2O4. The number of nitrogens with one attached hydrogen (secondary N) is 1. The Morgan fingerprint density at radius 1 is 1.45 bits per heavy atom. The molecule has 0 saturated carbocycles. The second-order valence-electron chi connectivity index (χ2n) is 6.72. The van der Waals surface area contributed by atoms with Gasteiger partial charge in [-0.3, -0.25) is 9.59 Å². The van der Waals surface area contributed by atoms with E-state index in [0.717, 1.165) is 5.69 Å². The van der Waals surface area contributed by atoms with Crippen LogP contribution >= 0.6 is 0 Å². The molecule has 1 N–H and O–H groups in total. The lowest BCUT2D eigenvalue weighted by Crippen LogP contribution is -2.38. The Balaban J connectivity index is 2.09. The van der Waals surface area contributed by atoms with Crippen molar-refractivity contribution >= 4 is 17.6 Å². The smallest absolute Gasteiger partial charge is 0.317 e. The molecule has 0 saturated heterocycles. The fraction of sp³-hybridized carbons (Fsp3) is 0.562. The number of allylic oxidation sites excluding steroid dienone is 2. The Labute approximate surface area is 129 Å². The predicted octanol–water partition coefficient (Wildman–Crippen LogP) is 2.85. The van der Waals surface area contributed by atoms with Crippen LogP contribution in [0.3, 0.4) is 0 Å². The summed E-state index contributed by atoms with van der Waals surface area (Å²) >= 11 is 0. The van der Waals surface area contributed by atoms with E-state index in [0.29, 0.717) is 18.0 Å². The van der Waals surface area contributed by atoms with Crippen LogP contribution in [0.2, 0.25) is 0 Å². The molecule has 1 aromatic rings. The van der Waals surface area contributed by atoms with Gasteiger partial charge in [-0.05, 0) is 40.0 Å². The third-order valence-corrected chi connectivity index (χ3v) is 3.31. The topological polar surface area (TPSA) is 81.4 Å². The van der Waals surface area contributed by atoms with Crippen LogP contribution in [0.4, 0.5) is 5.88 Å². The first-order valence-electron chi connectivity index (χ1n) is 7.33. The van der Waals surface area contributed by atoms with Gasteiger partial charge < -0.3 is 14.6 Å². The Hall–Kier alpha value is -2.11. The summed E-state index contributed by atoms with van der Waals surface area (Å²) in [5, 5.41) is 6.81. The molecule has 120 valence electrons. The number of rotatable bonds is 3. The molecule has 1 aliphatic carbocycles. The quantitative estimate of drug-likeness (QED) is 0.683. The van der Waals surface area contributed by atoms with Crippen molar-refractivity contribution in [1.82, 2.24) is 5.16 Å². The minimum atomic E-state index is -0.749. The summed E-state index contributed by atoms with van der Waals surface area (Å²) in [5.41, 5.74) is 0.870. The van der Waals surface area contributed by atoms with Crippen molar-refractivity contribution in [3.63, 3.8) is 0 Å². The van der Waals surface area contributed by atoms with Crippen LogP contribution < -0.4 is 5.32 Å². The molecular weight excluding hydrogens is 284 g/mol. The second kappa shape index (κ2) is 5.94. The molecule has 2 unspecified atom stereocenters. The van der Waals surface area contributed by atoms with Gasteiger partial charge in [0, 0.05) is 17.8 Å². The maximum absolute atomic E-state index is 12.3. The number of ether oxygens (including phenoxy) is 1. The number of hydrogen-bond acceptors (Lipinski definition) is 6. The molecule has 6 nitrogen and oxygen atoms in total. The van der Waals surface area contributed by atoms with E-state index in [2.05, 4.69) is 10.5 Å². The minimum Gasteiger partial charge on any atom is -0.459 e. The van der Waals surface area contributed by atoms with E-state index in [4.69, 9.17) is 9.26 Å². The first kappa shape index (κ1) is 16.3. The van der Waals surface area contributed by atoms with Gasteiger partial charge in [0.05, 0.1) is 5.69 Å². The SMILES string of the molecule is Cc1cc(NC2=CC(=O)C(C(=O)OC(C)(C)C)C(C)C2)on1. The van der Waals surface area contributed by atoms with Crippen molar-refractivity contribution in [2.24, 2.45) is 11.8 Å². The first-order valence-corrected chi connectivity index (χ1v) is 7.33. The molecule has 0 aliphatic heterocycles.